The second kappa shape index (κ2) is 7.48. The first-order valence-electron chi connectivity index (χ1n) is 9.41. The van der Waals surface area contributed by atoms with Crippen LogP contribution in [0.5, 0.6) is 17.2 Å². The van der Waals surface area contributed by atoms with Crippen molar-refractivity contribution in [2.45, 2.75) is 0 Å². The van der Waals surface area contributed by atoms with E-state index in [9.17, 15) is 4.79 Å². The Morgan fingerprint density at radius 2 is 1.97 bits per heavy atom. The minimum atomic E-state index is -0.244. The van der Waals surface area contributed by atoms with Crippen molar-refractivity contribution in [1.82, 2.24) is 19.4 Å². The third-order valence-corrected chi connectivity index (χ3v) is 4.76. The summed E-state index contributed by atoms with van der Waals surface area (Å²) in [6.45, 7) is -0.0212. The Kier molecular flexibility index (Phi) is 4.51. The van der Waals surface area contributed by atoms with E-state index in [4.69, 9.17) is 19.2 Å². The number of carbonyl (C=O) groups is 1. The van der Waals surface area contributed by atoms with Gasteiger partial charge in [-0.05, 0) is 24.3 Å². The molecule has 0 unspecified atom stereocenters. The number of carbonyl (C=O) groups excluding carboxylic acids is 1. The molecular formula is C21H18N6O4. The molecule has 10 nitrogen and oxygen atoms in total. The maximum atomic E-state index is 11.6. The molecular weight excluding hydrogens is 400 g/mol. The Hall–Kier alpha value is -4.34. The van der Waals surface area contributed by atoms with Crippen LogP contribution in [0, 0.1) is 0 Å². The van der Waals surface area contributed by atoms with Crippen LogP contribution in [0.3, 0.4) is 0 Å². The minimum Gasteiger partial charge on any atom is -0.493 e. The third kappa shape index (κ3) is 3.44. The lowest BCUT2D eigenvalue weighted by Crippen LogP contribution is -2.26. The molecule has 31 heavy (non-hydrogen) atoms. The van der Waals surface area contributed by atoms with Gasteiger partial charge in [0.2, 0.25) is 0 Å². The summed E-state index contributed by atoms with van der Waals surface area (Å²) in [5.41, 5.74) is 2.58. The Morgan fingerprint density at radius 3 is 2.81 bits per heavy atom. The predicted octanol–water partition coefficient (Wildman–Crippen LogP) is 2.88. The number of methoxy groups -OCH3 is 2. The number of fused-ring (bicyclic) bond motifs is 2. The van der Waals surface area contributed by atoms with E-state index < -0.39 is 0 Å². The highest BCUT2D eigenvalue weighted by Gasteiger charge is 2.19. The van der Waals surface area contributed by atoms with Crippen molar-refractivity contribution in [3.05, 3.63) is 48.9 Å². The van der Waals surface area contributed by atoms with Crippen molar-refractivity contribution in [2.75, 3.05) is 31.5 Å². The molecule has 0 aliphatic carbocycles. The molecule has 2 N–H and O–H groups in total. The molecule has 1 aliphatic rings. The standard InChI is InChI=1S/C21H18N6O4/c1-29-15-5-3-12(9-17(15)30-2)23-20-21-22-7-8-27(21)10-14(25-20)13-4-6-16-19(24-13)26-18(28)11-31-16/h3-10H,11H2,1-2H3,(H,23,25)(H,24,26,28). The second-order valence-electron chi connectivity index (χ2n) is 6.71. The lowest BCUT2D eigenvalue weighted by atomic mass is 10.2. The SMILES string of the molecule is COc1ccc(Nc2nc(-c3ccc4c(n3)NC(=O)CO4)cn3ccnc23)cc1OC. The Balaban J connectivity index is 1.55. The van der Waals surface area contributed by atoms with E-state index in [1.54, 1.807) is 32.5 Å². The number of amides is 1. The van der Waals surface area contributed by atoms with Gasteiger partial charge in [-0.15, -0.1) is 0 Å². The van der Waals surface area contributed by atoms with Crippen LogP contribution in [0.2, 0.25) is 0 Å². The largest absolute Gasteiger partial charge is 0.493 e. The first kappa shape index (κ1) is 18.7. The maximum Gasteiger partial charge on any atom is 0.263 e. The van der Waals surface area contributed by atoms with Gasteiger partial charge >= 0.3 is 0 Å². The average Bonchev–Trinajstić information content (AvgIpc) is 3.27. The number of pyridine rings is 1. The summed E-state index contributed by atoms with van der Waals surface area (Å²) in [5.74, 6) is 2.41. The summed E-state index contributed by atoms with van der Waals surface area (Å²) >= 11 is 0. The lowest BCUT2D eigenvalue weighted by molar-refractivity contribution is -0.118. The van der Waals surface area contributed by atoms with Gasteiger partial charge in [-0.3, -0.25) is 4.79 Å². The zero-order valence-corrected chi connectivity index (χ0v) is 16.7. The number of nitrogens with one attached hydrogen (secondary N) is 2. The highest BCUT2D eigenvalue weighted by molar-refractivity contribution is 5.94. The van der Waals surface area contributed by atoms with E-state index in [1.165, 1.54) is 0 Å². The molecule has 0 spiro atoms. The molecule has 0 atom stereocenters. The molecule has 0 fully saturated rings. The number of imidazole rings is 1. The minimum absolute atomic E-state index is 0.0212. The fraction of sp³-hybridized carbons (Fsp3) is 0.143. The molecule has 5 rings (SSSR count). The predicted molar refractivity (Wildman–Crippen MR) is 113 cm³/mol. The monoisotopic (exact) mass is 418 g/mol. The molecule has 0 saturated carbocycles. The normalized spacial score (nSPS) is 12.6. The van der Waals surface area contributed by atoms with Crippen molar-refractivity contribution in [3.63, 3.8) is 0 Å². The quantitative estimate of drug-likeness (QED) is 0.509. The number of benzene rings is 1. The van der Waals surface area contributed by atoms with Gasteiger partial charge in [0.05, 0.1) is 19.9 Å². The molecule has 4 heterocycles. The van der Waals surface area contributed by atoms with Crippen LogP contribution in [0.25, 0.3) is 17.0 Å². The van der Waals surface area contributed by atoms with Crippen LogP contribution in [0.15, 0.2) is 48.9 Å². The van der Waals surface area contributed by atoms with E-state index in [0.717, 1.165) is 5.69 Å². The Morgan fingerprint density at radius 1 is 1.10 bits per heavy atom. The number of ether oxygens (including phenoxy) is 3. The molecule has 1 amide bonds. The number of hydrogen-bond donors (Lipinski definition) is 2. The Labute approximate surface area is 176 Å². The molecule has 0 radical (unpaired) electrons. The summed E-state index contributed by atoms with van der Waals surface area (Å²) in [5, 5.41) is 6.00. The molecule has 0 bridgehead atoms. The van der Waals surface area contributed by atoms with E-state index in [-0.39, 0.29) is 12.5 Å². The smallest absolute Gasteiger partial charge is 0.263 e. The van der Waals surface area contributed by atoms with Gasteiger partial charge < -0.3 is 29.2 Å². The lowest BCUT2D eigenvalue weighted by Gasteiger charge is -2.17. The molecule has 1 aromatic carbocycles. The summed E-state index contributed by atoms with van der Waals surface area (Å²) < 4.78 is 17.9. The Bertz CT molecular complexity index is 1300. The van der Waals surface area contributed by atoms with Crippen molar-refractivity contribution in [3.8, 4) is 28.6 Å². The molecule has 3 aromatic heterocycles. The van der Waals surface area contributed by atoms with Gasteiger partial charge in [-0.2, -0.15) is 0 Å². The van der Waals surface area contributed by atoms with Crippen molar-refractivity contribution in [2.24, 2.45) is 0 Å². The fourth-order valence-electron chi connectivity index (χ4n) is 3.30. The first-order chi connectivity index (χ1) is 15.1. The first-order valence-corrected chi connectivity index (χ1v) is 9.41. The molecule has 1 aliphatic heterocycles. The number of rotatable bonds is 5. The van der Waals surface area contributed by atoms with Crippen molar-refractivity contribution < 1.29 is 19.0 Å². The number of nitrogens with zero attached hydrogens (tertiary/aromatic N) is 4. The van der Waals surface area contributed by atoms with Gasteiger partial charge in [0.1, 0.15) is 5.69 Å². The van der Waals surface area contributed by atoms with Crippen LogP contribution in [0.4, 0.5) is 17.3 Å². The molecule has 10 heteroatoms. The van der Waals surface area contributed by atoms with Crippen LogP contribution in [0.1, 0.15) is 0 Å². The molecule has 0 saturated heterocycles. The maximum absolute atomic E-state index is 11.6. The van der Waals surface area contributed by atoms with Crippen molar-refractivity contribution in [1.29, 1.82) is 0 Å². The van der Waals surface area contributed by atoms with E-state index >= 15 is 0 Å². The summed E-state index contributed by atoms with van der Waals surface area (Å²) in [4.78, 5) is 25.3. The van der Waals surface area contributed by atoms with Gasteiger partial charge in [0.25, 0.3) is 5.91 Å². The average molecular weight is 418 g/mol. The highest BCUT2D eigenvalue weighted by atomic mass is 16.5. The topological polar surface area (TPSA) is 112 Å². The summed E-state index contributed by atoms with van der Waals surface area (Å²) in [6.07, 6.45) is 5.33. The van der Waals surface area contributed by atoms with Crippen LogP contribution < -0.4 is 24.8 Å². The third-order valence-electron chi connectivity index (χ3n) is 4.76. The van der Waals surface area contributed by atoms with E-state index in [2.05, 4.69) is 20.6 Å². The zero-order valence-electron chi connectivity index (χ0n) is 16.7. The number of aromatic nitrogens is 4. The van der Waals surface area contributed by atoms with Gasteiger partial charge in [0, 0.05) is 30.3 Å². The van der Waals surface area contributed by atoms with Crippen molar-refractivity contribution >= 4 is 28.9 Å². The second-order valence-corrected chi connectivity index (χ2v) is 6.71. The zero-order chi connectivity index (χ0) is 21.4. The number of anilines is 3. The fourth-order valence-corrected chi connectivity index (χ4v) is 3.30. The number of hydrogen-bond acceptors (Lipinski definition) is 8. The molecule has 156 valence electrons. The van der Waals surface area contributed by atoms with E-state index in [1.807, 2.05) is 35.0 Å². The van der Waals surface area contributed by atoms with Crippen LogP contribution in [-0.4, -0.2) is 46.1 Å². The summed E-state index contributed by atoms with van der Waals surface area (Å²) in [6, 6.07) is 9.04. The van der Waals surface area contributed by atoms with Crippen LogP contribution in [-0.2, 0) is 4.79 Å². The van der Waals surface area contributed by atoms with Gasteiger partial charge in [-0.25, -0.2) is 15.0 Å². The summed E-state index contributed by atoms with van der Waals surface area (Å²) in [7, 11) is 3.17. The van der Waals surface area contributed by atoms with E-state index in [0.29, 0.717) is 45.9 Å². The van der Waals surface area contributed by atoms with Crippen LogP contribution >= 0.6 is 0 Å². The van der Waals surface area contributed by atoms with Gasteiger partial charge in [-0.1, -0.05) is 0 Å². The highest BCUT2D eigenvalue weighted by Crippen LogP contribution is 2.33. The van der Waals surface area contributed by atoms with Gasteiger partial charge in [0.15, 0.2) is 41.1 Å². The molecule has 4 aromatic rings.